The number of hydrogen-bond acceptors (Lipinski definition) is 3. The smallest absolute Gasteiger partial charge is 0.225 e. The first-order valence-electron chi connectivity index (χ1n) is 6.45. The van der Waals surface area contributed by atoms with Crippen LogP contribution in [-0.4, -0.2) is 25.7 Å². The SMILES string of the molecule is Cl.Nc1ccc(CCNC(=O)C2CCCOC2)cc1. The summed E-state index contributed by atoms with van der Waals surface area (Å²) in [6.07, 6.45) is 2.75. The standard InChI is InChI=1S/C14H20N2O2.ClH/c15-13-5-3-11(4-6-13)7-8-16-14(17)12-2-1-9-18-10-12;/h3-6,12H,1-2,7-10,15H2,(H,16,17);1H. The zero-order valence-electron chi connectivity index (χ0n) is 10.9. The van der Waals surface area contributed by atoms with Crippen molar-refractivity contribution in [3.63, 3.8) is 0 Å². The Morgan fingerprint density at radius 2 is 2.11 bits per heavy atom. The maximum atomic E-state index is 11.8. The first kappa shape index (κ1) is 15.8. The van der Waals surface area contributed by atoms with Gasteiger partial charge in [-0.05, 0) is 37.0 Å². The van der Waals surface area contributed by atoms with Gasteiger partial charge in [0, 0.05) is 18.8 Å². The van der Waals surface area contributed by atoms with E-state index >= 15 is 0 Å². The summed E-state index contributed by atoms with van der Waals surface area (Å²) in [6.45, 7) is 2.02. The van der Waals surface area contributed by atoms with Crippen LogP contribution in [-0.2, 0) is 16.0 Å². The van der Waals surface area contributed by atoms with Crippen LogP contribution in [0.2, 0.25) is 0 Å². The first-order chi connectivity index (χ1) is 8.75. The number of nitrogens with two attached hydrogens (primary N) is 1. The fourth-order valence-corrected chi connectivity index (χ4v) is 2.11. The third-order valence-corrected chi connectivity index (χ3v) is 3.22. The van der Waals surface area contributed by atoms with Gasteiger partial charge in [-0.15, -0.1) is 12.4 Å². The number of halogens is 1. The van der Waals surface area contributed by atoms with Gasteiger partial charge in [0.05, 0.1) is 12.5 Å². The molecule has 0 saturated carbocycles. The van der Waals surface area contributed by atoms with Gasteiger partial charge in [0.2, 0.25) is 5.91 Å². The molecule has 1 aliphatic rings. The number of benzene rings is 1. The molecule has 0 aromatic heterocycles. The molecule has 0 aliphatic carbocycles. The van der Waals surface area contributed by atoms with Gasteiger partial charge in [0.15, 0.2) is 0 Å². The predicted octanol–water partition coefficient (Wildman–Crippen LogP) is 1.78. The van der Waals surface area contributed by atoms with E-state index in [9.17, 15) is 4.79 Å². The van der Waals surface area contributed by atoms with Crippen molar-refractivity contribution in [2.24, 2.45) is 5.92 Å². The number of ether oxygens (including phenoxy) is 1. The molecule has 1 amide bonds. The number of rotatable bonds is 4. The number of carbonyl (C=O) groups excluding carboxylic acids is 1. The molecule has 1 aliphatic heterocycles. The maximum Gasteiger partial charge on any atom is 0.225 e. The van der Waals surface area contributed by atoms with E-state index in [-0.39, 0.29) is 24.2 Å². The minimum Gasteiger partial charge on any atom is -0.399 e. The highest BCUT2D eigenvalue weighted by Crippen LogP contribution is 2.13. The van der Waals surface area contributed by atoms with E-state index in [1.165, 1.54) is 5.56 Å². The maximum absolute atomic E-state index is 11.8. The lowest BCUT2D eigenvalue weighted by Gasteiger charge is -2.21. The second-order valence-corrected chi connectivity index (χ2v) is 4.70. The van der Waals surface area contributed by atoms with E-state index in [1.807, 2.05) is 24.3 Å². The zero-order chi connectivity index (χ0) is 12.8. The van der Waals surface area contributed by atoms with E-state index in [4.69, 9.17) is 10.5 Å². The van der Waals surface area contributed by atoms with Gasteiger partial charge in [-0.3, -0.25) is 4.79 Å². The average Bonchev–Trinajstić information content (AvgIpc) is 2.42. The highest BCUT2D eigenvalue weighted by Gasteiger charge is 2.20. The van der Waals surface area contributed by atoms with Crippen LogP contribution in [0.25, 0.3) is 0 Å². The summed E-state index contributed by atoms with van der Waals surface area (Å²) >= 11 is 0. The lowest BCUT2D eigenvalue weighted by molar-refractivity contribution is -0.128. The van der Waals surface area contributed by atoms with Gasteiger partial charge in [0.1, 0.15) is 0 Å². The largest absolute Gasteiger partial charge is 0.399 e. The van der Waals surface area contributed by atoms with E-state index in [2.05, 4.69) is 5.32 Å². The molecule has 0 spiro atoms. The number of hydrogen-bond donors (Lipinski definition) is 2. The average molecular weight is 285 g/mol. The monoisotopic (exact) mass is 284 g/mol. The summed E-state index contributed by atoms with van der Waals surface area (Å²) in [7, 11) is 0. The number of amides is 1. The quantitative estimate of drug-likeness (QED) is 0.829. The minimum absolute atomic E-state index is 0. The molecular weight excluding hydrogens is 264 g/mol. The number of carbonyl (C=O) groups is 1. The third kappa shape index (κ3) is 5.09. The summed E-state index contributed by atoms with van der Waals surface area (Å²) in [6, 6.07) is 7.74. The normalized spacial score (nSPS) is 18.4. The van der Waals surface area contributed by atoms with Crippen LogP contribution in [0, 0.1) is 5.92 Å². The van der Waals surface area contributed by atoms with Crippen molar-refractivity contribution in [3.05, 3.63) is 29.8 Å². The molecule has 3 N–H and O–H groups in total. The molecule has 106 valence electrons. The summed E-state index contributed by atoms with van der Waals surface area (Å²) in [4.78, 5) is 11.8. The highest BCUT2D eigenvalue weighted by molar-refractivity contribution is 5.85. The highest BCUT2D eigenvalue weighted by atomic mass is 35.5. The van der Waals surface area contributed by atoms with Gasteiger partial charge in [-0.2, -0.15) is 0 Å². The van der Waals surface area contributed by atoms with Crippen molar-refractivity contribution in [1.29, 1.82) is 0 Å². The van der Waals surface area contributed by atoms with Crippen molar-refractivity contribution in [1.82, 2.24) is 5.32 Å². The van der Waals surface area contributed by atoms with Crippen LogP contribution >= 0.6 is 12.4 Å². The van der Waals surface area contributed by atoms with Gasteiger partial charge in [-0.25, -0.2) is 0 Å². The van der Waals surface area contributed by atoms with Gasteiger partial charge in [-0.1, -0.05) is 12.1 Å². The number of nitrogens with one attached hydrogen (secondary N) is 1. The molecule has 5 heteroatoms. The molecule has 0 radical (unpaired) electrons. The summed E-state index contributed by atoms with van der Waals surface area (Å²) in [5.74, 6) is 0.148. The topological polar surface area (TPSA) is 64.3 Å². The Hall–Kier alpha value is -1.26. The molecule has 4 nitrogen and oxygen atoms in total. The summed E-state index contributed by atoms with van der Waals surface area (Å²) < 4.78 is 5.31. The van der Waals surface area contributed by atoms with Gasteiger partial charge in [0.25, 0.3) is 0 Å². The molecule has 19 heavy (non-hydrogen) atoms. The Morgan fingerprint density at radius 3 is 2.74 bits per heavy atom. The Bertz CT molecular complexity index is 389. The minimum atomic E-state index is 0. The fourth-order valence-electron chi connectivity index (χ4n) is 2.11. The first-order valence-corrected chi connectivity index (χ1v) is 6.45. The molecule has 0 bridgehead atoms. The lowest BCUT2D eigenvalue weighted by atomic mass is 10.0. The van der Waals surface area contributed by atoms with Crippen LogP contribution in [0.4, 0.5) is 5.69 Å². The van der Waals surface area contributed by atoms with E-state index in [1.54, 1.807) is 0 Å². The second-order valence-electron chi connectivity index (χ2n) is 4.70. The zero-order valence-corrected chi connectivity index (χ0v) is 11.7. The molecule has 1 unspecified atom stereocenters. The summed E-state index contributed by atoms with van der Waals surface area (Å²) in [5, 5.41) is 2.97. The second kappa shape index (κ2) is 8.02. The molecule has 1 aromatic rings. The summed E-state index contributed by atoms with van der Waals surface area (Å²) in [5.41, 5.74) is 7.57. The number of nitrogen functional groups attached to an aromatic ring is 1. The van der Waals surface area contributed by atoms with Gasteiger partial charge >= 0.3 is 0 Å². The lowest BCUT2D eigenvalue weighted by Crippen LogP contribution is -2.36. The van der Waals surface area contributed by atoms with Crippen molar-refractivity contribution in [3.8, 4) is 0 Å². The van der Waals surface area contributed by atoms with Crippen LogP contribution in [0.5, 0.6) is 0 Å². The Labute approximate surface area is 120 Å². The van der Waals surface area contributed by atoms with E-state index in [0.29, 0.717) is 13.2 Å². The Kier molecular flexibility index (Phi) is 6.67. The molecule has 1 atom stereocenters. The number of anilines is 1. The van der Waals surface area contributed by atoms with Crippen molar-refractivity contribution >= 4 is 24.0 Å². The Balaban J connectivity index is 0.00000180. The van der Waals surface area contributed by atoms with Crippen molar-refractivity contribution < 1.29 is 9.53 Å². The molecule has 1 heterocycles. The van der Waals surface area contributed by atoms with Crippen LogP contribution in [0.15, 0.2) is 24.3 Å². The third-order valence-electron chi connectivity index (χ3n) is 3.22. The molecule has 1 saturated heterocycles. The van der Waals surface area contributed by atoms with E-state index in [0.717, 1.165) is 31.6 Å². The molecule has 1 fully saturated rings. The van der Waals surface area contributed by atoms with Crippen LogP contribution in [0.1, 0.15) is 18.4 Å². The van der Waals surface area contributed by atoms with Crippen molar-refractivity contribution in [2.75, 3.05) is 25.5 Å². The van der Waals surface area contributed by atoms with Gasteiger partial charge < -0.3 is 15.8 Å². The van der Waals surface area contributed by atoms with E-state index < -0.39 is 0 Å². The van der Waals surface area contributed by atoms with Crippen LogP contribution < -0.4 is 11.1 Å². The molecule has 1 aromatic carbocycles. The fraction of sp³-hybridized carbons (Fsp3) is 0.500. The van der Waals surface area contributed by atoms with Crippen molar-refractivity contribution in [2.45, 2.75) is 19.3 Å². The Morgan fingerprint density at radius 1 is 1.37 bits per heavy atom. The molecule has 2 rings (SSSR count). The predicted molar refractivity (Wildman–Crippen MR) is 78.4 cm³/mol. The van der Waals surface area contributed by atoms with Crippen LogP contribution in [0.3, 0.4) is 0 Å². The molecular formula is C14H21ClN2O2.